The van der Waals surface area contributed by atoms with Crippen molar-refractivity contribution in [1.29, 1.82) is 0 Å². The van der Waals surface area contributed by atoms with Crippen LogP contribution in [0.4, 0.5) is 0 Å². The first kappa shape index (κ1) is 13.4. The van der Waals surface area contributed by atoms with Crippen molar-refractivity contribution in [2.75, 3.05) is 20.1 Å². The van der Waals surface area contributed by atoms with E-state index in [4.69, 9.17) is 11.6 Å². The second-order valence-corrected chi connectivity index (χ2v) is 5.15. The topological polar surface area (TPSA) is 32.3 Å². The third-order valence-corrected chi connectivity index (χ3v) is 3.91. The summed E-state index contributed by atoms with van der Waals surface area (Å²) in [5.74, 6) is 0.198. The van der Waals surface area contributed by atoms with Gasteiger partial charge in [0.15, 0.2) is 0 Å². The fourth-order valence-corrected chi connectivity index (χ4v) is 2.52. The van der Waals surface area contributed by atoms with Crippen molar-refractivity contribution in [3.05, 3.63) is 34.9 Å². The lowest BCUT2D eigenvalue weighted by Gasteiger charge is -2.23. The second-order valence-electron chi connectivity index (χ2n) is 4.74. The molecule has 1 aliphatic heterocycles. The standard InChI is InChI=1S/C14H19ClN2O/c1-17(12-8-9-16-10-12)14(18)7-6-11-4-2-3-5-13(11)15/h2-5,12,16H,6-10H2,1H3. The molecule has 0 saturated carbocycles. The van der Waals surface area contributed by atoms with Crippen molar-refractivity contribution < 1.29 is 4.79 Å². The minimum absolute atomic E-state index is 0.198. The molecule has 0 spiro atoms. The van der Waals surface area contributed by atoms with Gasteiger partial charge in [-0.2, -0.15) is 0 Å². The summed E-state index contributed by atoms with van der Waals surface area (Å²) in [6.45, 7) is 1.92. The van der Waals surface area contributed by atoms with E-state index in [-0.39, 0.29) is 5.91 Å². The predicted octanol–water partition coefficient (Wildman–Crippen LogP) is 2.09. The summed E-state index contributed by atoms with van der Waals surface area (Å²) in [5.41, 5.74) is 1.05. The van der Waals surface area contributed by atoms with Crippen LogP contribution in [-0.4, -0.2) is 37.0 Å². The summed E-state index contributed by atoms with van der Waals surface area (Å²) in [7, 11) is 1.90. The number of amides is 1. The minimum atomic E-state index is 0.198. The first-order chi connectivity index (χ1) is 8.68. The van der Waals surface area contributed by atoms with E-state index in [2.05, 4.69) is 5.32 Å². The van der Waals surface area contributed by atoms with E-state index in [9.17, 15) is 4.79 Å². The van der Waals surface area contributed by atoms with Crippen molar-refractivity contribution >= 4 is 17.5 Å². The fraction of sp³-hybridized carbons (Fsp3) is 0.500. The minimum Gasteiger partial charge on any atom is -0.341 e. The van der Waals surface area contributed by atoms with Gasteiger partial charge in [0.05, 0.1) is 0 Å². The highest BCUT2D eigenvalue weighted by molar-refractivity contribution is 6.31. The van der Waals surface area contributed by atoms with Crippen LogP contribution in [0.5, 0.6) is 0 Å². The zero-order valence-electron chi connectivity index (χ0n) is 10.7. The Bertz CT molecular complexity index is 416. The lowest BCUT2D eigenvalue weighted by atomic mass is 10.1. The molecule has 0 bridgehead atoms. The molecule has 1 aromatic carbocycles. The Labute approximate surface area is 113 Å². The molecule has 0 aromatic heterocycles. The van der Waals surface area contributed by atoms with Gasteiger partial charge in [-0.1, -0.05) is 29.8 Å². The Morgan fingerprint density at radius 1 is 1.50 bits per heavy atom. The largest absolute Gasteiger partial charge is 0.341 e. The van der Waals surface area contributed by atoms with E-state index < -0.39 is 0 Å². The summed E-state index contributed by atoms with van der Waals surface area (Å²) < 4.78 is 0. The van der Waals surface area contributed by atoms with Crippen LogP contribution in [0, 0.1) is 0 Å². The van der Waals surface area contributed by atoms with Gasteiger partial charge in [0.2, 0.25) is 5.91 Å². The predicted molar refractivity (Wildman–Crippen MR) is 73.8 cm³/mol. The number of hydrogen-bond donors (Lipinski definition) is 1. The lowest BCUT2D eigenvalue weighted by Crippen LogP contribution is -2.38. The van der Waals surface area contributed by atoms with Crippen LogP contribution in [0.2, 0.25) is 5.02 Å². The number of carbonyl (C=O) groups excluding carboxylic acids is 1. The maximum Gasteiger partial charge on any atom is 0.222 e. The van der Waals surface area contributed by atoms with Crippen molar-refractivity contribution in [3.8, 4) is 0 Å². The Morgan fingerprint density at radius 3 is 2.94 bits per heavy atom. The number of carbonyl (C=O) groups is 1. The van der Waals surface area contributed by atoms with Crippen LogP contribution >= 0.6 is 11.6 Å². The number of nitrogens with one attached hydrogen (secondary N) is 1. The van der Waals surface area contributed by atoms with Crippen molar-refractivity contribution in [1.82, 2.24) is 10.2 Å². The molecular formula is C14H19ClN2O. The molecule has 1 atom stereocenters. The normalized spacial score (nSPS) is 18.9. The number of benzene rings is 1. The summed E-state index contributed by atoms with van der Waals surface area (Å²) in [6.07, 6.45) is 2.29. The van der Waals surface area contributed by atoms with E-state index in [0.717, 1.165) is 30.1 Å². The van der Waals surface area contributed by atoms with E-state index in [1.165, 1.54) is 0 Å². The quantitative estimate of drug-likeness (QED) is 0.905. The van der Waals surface area contributed by atoms with E-state index in [1.807, 2.05) is 36.2 Å². The number of halogens is 1. The first-order valence-corrected chi connectivity index (χ1v) is 6.76. The number of hydrogen-bond acceptors (Lipinski definition) is 2. The molecule has 0 radical (unpaired) electrons. The van der Waals surface area contributed by atoms with Crippen LogP contribution in [0.15, 0.2) is 24.3 Å². The summed E-state index contributed by atoms with van der Waals surface area (Å²) in [5, 5.41) is 4.02. The Morgan fingerprint density at radius 2 is 2.28 bits per heavy atom. The van der Waals surface area contributed by atoms with E-state index in [0.29, 0.717) is 18.9 Å². The Hall–Kier alpha value is -1.06. The third kappa shape index (κ3) is 3.24. The monoisotopic (exact) mass is 266 g/mol. The summed E-state index contributed by atoms with van der Waals surface area (Å²) in [6, 6.07) is 8.06. The van der Waals surface area contributed by atoms with Gasteiger partial charge in [0, 0.05) is 31.1 Å². The van der Waals surface area contributed by atoms with Gasteiger partial charge in [0.1, 0.15) is 0 Å². The Kier molecular flexibility index (Phi) is 4.61. The van der Waals surface area contributed by atoms with E-state index >= 15 is 0 Å². The molecule has 1 aliphatic rings. The molecule has 1 fully saturated rings. The average Bonchev–Trinajstić information content (AvgIpc) is 2.90. The lowest BCUT2D eigenvalue weighted by molar-refractivity contribution is -0.131. The number of nitrogens with zero attached hydrogens (tertiary/aromatic N) is 1. The Balaban J connectivity index is 1.86. The second kappa shape index (κ2) is 6.21. The molecule has 1 N–H and O–H groups in total. The SMILES string of the molecule is CN(C(=O)CCc1ccccc1Cl)C1CCNC1. The van der Waals surface area contributed by atoms with Crippen LogP contribution < -0.4 is 5.32 Å². The van der Waals surface area contributed by atoms with Gasteiger partial charge >= 0.3 is 0 Å². The summed E-state index contributed by atoms with van der Waals surface area (Å²) >= 11 is 6.08. The summed E-state index contributed by atoms with van der Waals surface area (Å²) in [4.78, 5) is 13.9. The van der Waals surface area contributed by atoms with Crippen LogP contribution in [-0.2, 0) is 11.2 Å². The molecule has 1 aromatic rings. The molecule has 1 amide bonds. The maximum atomic E-state index is 12.1. The van der Waals surface area contributed by atoms with Crippen molar-refractivity contribution in [3.63, 3.8) is 0 Å². The van der Waals surface area contributed by atoms with Crippen LogP contribution in [0.25, 0.3) is 0 Å². The molecule has 3 nitrogen and oxygen atoms in total. The molecule has 1 unspecified atom stereocenters. The van der Waals surface area contributed by atoms with Gasteiger partial charge in [-0.25, -0.2) is 0 Å². The van der Waals surface area contributed by atoms with Crippen molar-refractivity contribution in [2.45, 2.75) is 25.3 Å². The number of rotatable bonds is 4. The van der Waals surface area contributed by atoms with E-state index in [1.54, 1.807) is 0 Å². The number of aryl methyl sites for hydroxylation is 1. The molecule has 4 heteroatoms. The zero-order chi connectivity index (χ0) is 13.0. The third-order valence-electron chi connectivity index (χ3n) is 3.54. The van der Waals surface area contributed by atoms with Crippen LogP contribution in [0.3, 0.4) is 0 Å². The smallest absolute Gasteiger partial charge is 0.222 e. The van der Waals surface area contributed by atoms with Crippen LogP contribution in [0.1, 0.15) is 18.4 Å². The highest BCUT2D eigenvalue weighted by Crippen LogP contribution is 2.17. The molecular weight excluding hydrogens is 248 g/mol. The fourth-order valence-electron chi connectivity index (χ4n) is 2.29. The molecule has 98 valence electrons. The zero-order valence-corrected chi connectivity index (χ0v) is 11.4. The molecule has 1 heterocycles. The maximum absolute atomic E-state index is 12.1. The molecule has 18 heavy (non-hydrogen) atoms. The highest BCUT2D eigenvalue weighted by Gasteiger charge is 2.22. The molecule has 0 aliphatic carbocycles. The highest BCUT2D eigenvalue weighted by atomic mass is 35.5. The van der Waals surface area contributed by atoms with Gasteiger partial charge < -0.3 is 10.2 Å². The number of likely N-dealkylation sites (N-methyl/N-ethyl adjacent to an activating group) is 1. The molecule has 1 saturated heterocycles. The first-order valence-electron chi connectivity index (χ1n) is 6.38. The van der Waals surface area contributed by atoms with Gasteiger partial charge in [0.25, 0.3) is 0 Å². The average molecular weight is 267 g/mol. The van der Waals surface area contributed by atoms with Crippen molar-refractivity contribution in [2.24, 2.45) is 0 Å². The van der Waals surface area contributed by atoms with Gasteiger partial charge in [-0.15, -0.1) is 0 Å². The van der Waals surface area contributed by atoms with Gasteiger partial charge in [-0.05, 0) is 31.0 Å². The van der Waals surface area contributed by atoms with Gasteiger partial charge in [-0.3, -0.25) is 4.79 Å². The molecule has 2 rings (SSSR count).